The topological polar surface area (TPSA) is 78.4 Å². The van der Waals surface area contributed by atoms with Crippen LogP contribution in [0.15, 0.2) is 30.3 Å². The van der Waals surface area contributed by atoms with E-state index in [9.17, 15) is 14.7 Å². The van der Waals surface area contributed by atoms with Gasteiger partial charge in [-0.05, 0) is 38.3 Å². The van der Waals surface area contributed by atoms with Gasteiger partial charge in [-0.3, -0.25) is 9.59 Å². The van der Waals surface area contributed by atoms with Gasteiger partial charge >= 0.3 is 0 Å². The minimum atomic E-state index is -0.365. The van der Waals surface area contributed by atoms with Crippen LogP contribution >= 0.6 is 0 Å². The average molecular weight is 306 g/mol. The highest BCUT2D eigenvalue weighted by Crippen LogP contribution is 2.04. The van der Waals surface area contributed by atoms with Crippen LogP contribution in [0.1, 0.15) is 44.0 Å². The minimum Gasteiger partial charge on any atom is -0.393 e. The largest absolute Gasteiger partial charge is 0.393 e. The Bertz CT molecular complexity index is 474. The number of rotatable bonds is 8. The van der Waals surface area contributed by atoms with E-state index in [2.05, 4.69) is 10.6 Å². The van der Waals surface area contributed by atoms with E-state index < -0.39 is 0 Å². The van der Waals surface area contributed by atoms with Crippen molar-refractivity contribution in [3.05, 3.63) is 35.9 Å². The molecule has 0 radical (unpaired) electrons. The molecule has 0 aliphatic rings. The maximum atomic E-state index is 12.0. The predicted octanol–water partition coefficient (Wildman–Crippen LogP) is 1.72. The van der Waals surface area contributed by atoms with Gasteiger partial charge in [0, 0.05) is 24.6 Å². The summed E-state index contributed by atoms with van der Waals surface area (Å²) in [4.78, 5) is 23.8. The third-order valence-corrected chi connectivity index (χ3v) is 3.30. The Hall–Kier alpha value is -1.88. The predicted molar refractivity (Wildman–Crippen MR) is 86.5 cm³/mol. The van der Waals surface area contributed by atoms with Crippen molar-refractivity contribution in [2.24, 2.45) is 5.92 Å². The van der Waals surface area contributed by atoms with E-state index in [4.69, 9.17) is 0 Å². The fourth-order valence-corrected chi connectivity index (χ4v) is 2.25. The highest BCUT2D eigenvalue weighted by atomic mass is 16.3. The first kappa shape index (κ1) is 18.2. The second-order valence-electron chi connectivity index (χ2n) is 5.94. The lowest BCUT2D eigenvalue weighted by molar-refractivity contribution is -0.121. The second-order valence-corrected chi connectivity index (χ2v) is 5.94. The van der Waals surface area contributed by atoms with Crippen molar-refractivity contribution in [3.8, 4) is 0 Å². The molecule has 5 heteroatoms. The van der Waals surface area contributed by atoms with Crippen LogP contribution < -0.4 is 10.6 Å². The van der Waals surface area contributed by atoms with Crippen LogP contribution in [0.4, 0.5) is 0 Å². The summed E-state index contributed by atoms with van der Waals surface area (Å²) in [7, 11) is 0. The number of aliphatic hydroxyl groups excluding tert-OH is 1. The van der Waals surface area contributed by atoms with E-state index in [1.165, 1.54) is 0 Å². The van der Waals surface area contributed by atoms with Gasteiger partial charge in [0.15, 0.2) is 0 Å². The summed E-state index contributed by atoms with van der Waals surface area (Å²) in [6.45, 7) is 6.05. The first-order valence-electron chi connectivity index (χ1n) is 7.69. The van der Waals surface area contributed by atoms with E-state index in [1.54, 1.807) is 38.1 Å². The summed E-state index contributed by atoms with van der Waals surface area (Å²) in [5, 5.41) is 14.9. The van der Waals surface area contributed by atoms with Gasteiger partial charge in [-0.15, -0.1) is 0 Å². The Morgan fingerprint density at radius 1 is 1.14 bits per heavy atom. The molecule has 0 saturated carbocycles. The number of nitrogens with one attached hydrogen (secondary N) is 2. The minimum absolute atomic E-state index is 0.0988. The Balaban J connectivity index is 2.31. The Morgan fingerprint density at radius 3 is 2.36 bits per heavy atom. The van der Waals surface area contributed by atoms with Gasteiger partial charge in [0.2, 0.25) is 5.91 Å². The summed E-state index contributed by atoms with van der Waals surface area (Å²) < 4.78 is 0. The number of benzene rings is 1. The smallest absolute Gasteiger partial charge is 0.251 e. The van der Waals surface area contributed by atoms with Gasteiger partial charge in [-0.2, -0.15) is 0 Å². The third-order valence-electron chi connectivity index (χ3n) is 3.30. The molecule has 0 fully saturated rings. The molecule has 0 aromatic heterocycles. The molecule has 0 aliphatic heterocycles. The zero-order chi connectivity index (χ0) is 16.5. The summed E-state index contributed by atoms with van der Waals surface area (Å²) in [5.74, 6) is -0.0557. The molecule has 0 heterocycles. The van der Waals surface area contributed by atoms with Crippen LogP contribution in [0, 0.1) is 5.92 Å². The molecule has 0 spiro atoms. The number of amides is 2. The van der Waals surface area contributed by atoms with E-state index >= 15 is 0 Å². The monoisotopic (exact) mass is 306 g/mol. The van der Waals surface area contributed by atoms with Crippen molar-refractivity contribution in [3.63, 3.8) is 0 Å². The standard InChI is InChI=1S/C17H26N2O3/c1-12(9-14(3)20)11-18-16(21)10-13(2)19-17(22)15-7-5-4-6-8-15/h4-8,12-14,20H,9-11H2,1-3H3,(H,18,21)(H,19,22). The summed E-state index contributed by atoms with van der Waals surface area (Å²) in [6.07, 6.45) is 0.525. The van der Waals surface area contributed by atoms with Gasteiger partial charge < -0.3 is 15.7 Å². The number of carbonyl (C=O) groups is 2. The molecule has 0 bridgehead atoms. The zero-order valence-electron chi connectivity index (χ0n) is 13.5. The highest BCUT2D eigenvalue weighted by molar-refractivity contribution is 5.94. The quantitative estimate of drug-likeness (QED) is 0.684. The fraction of sp³-hybridized carbons (Fsp3) is 0.529. The van der Waals surface area contributed by atoms with Crippen molar-refractivity contribution in [1.29, 1.82) is 0 Å². The van der Waals surface area contributed by atoms with Gasteiger partial charge in [0.05, 0.1) is 6.10 Å². The van der Waals surface area contributed by atoms with Gasteiger partial charge in [0.1, 0.15) is 0 Å². The molecule has 5 nitrogen and oxygen atoms in total. The SMILES string of the molecule is CC(O)CC(C)CNC(=O)CC(C)NC(=O)c1ccccc1. The Labute approximate surface area is 132 Å². The van der Waals surface area contributed by atoms with E-state index in [0.717, 1.165) is 0 Å². The van der Waals surface area contributed by atoms with Crippen LogP contribution in [0.25, 0.3) is 0 Å². The van der Waals surface area contributed by atoms with Crippen molar-refractivity contribution < 1.29 is 14.7 Å². The molecule has 22 heavy (non-hydrogen) atoms. The van der Waals surface area contributed by atoms with E-state index in [0.29, 0.717) is 18.5 Å². The average Bonchev–Trinajstić information content (AvgIpc) is 2.45. The number of hydrogen-bond acceptors (Lipinski definition) is 3. The lowest BCUT2D eigenvalue weighted by Gasteiger charge is -2.16. The molecular weight excluding hydrogens is 280 g/mol. The van der Waals surface area contributed by atoms with Crippen LogP contribution in [-0.4, -0.2) is 35.6 Å². The summed E-state index contributed by atoms with van der Waals surface area (Å²) in [6, 6.07) is 8.69. The highest BCUT2D eigenvalue weighted by Gasteiger charge is 2.14. The van der Waals surface area contributed by atoms with E-state index in [1.807, 2.05) is 13.0 Å². The summed E-state index contributed by atoms with van der Waals surface area (Å²) >= 11 is 0. The number of hydrogen-bond donors (Lipinski definition) is 3. The summed E-state index contributed by atoms with van der Waals surface area (Å²) in [5.41, 5.74) is 0.584. The van der Waals surface area contributed by atoms with Crippen LogP contribution in [0.2, 0.25) is 0 Å². The second kappa shape index (κ2) is 9.20. The molecule has 0 aliphatic carbocycles. The van der Waals surface area contributed by atoms with Crippen molar-refractivity contribution in [1.82, 2.24) is 10.6 Å². The number of aliphatic hydroxyl groups is 1. The Kier molecular flexibility index (Phi) is 7.60. The van der Waals surface area contributed by atoms with Crippen LogP contribution in [0.3, 0.4) is 0 Å². The maximum Gasteiger partial charge on any atom is 0.251 e. The molecule has 1 rings (SSSR count). The normalized spacial score (nSPS) is 14.7. The van der Waals surface area contributed by atoms with Crippen LogP contribution in [-0.2, 0) is 4.79 Å². The van der Waals surface area contributed by atoms with Crippen LogP contribution in [0.5, 0.6) is 0 Å². The lowest BCUT2D eigenvalue weighted by atomic mass is 10.0. The molecule has 1 aromatic carbocycles. The fourth-order valence-electron chi connectivity index (χ4n) is 2.25. The third kappa shape index (κ3) is 7.22. The first-order chi connectivity index (χ1) is 10.4. The Morgan fingerprint density at radius 2 is 1.77 bits per heavy atom. The van der Waals surface area contributed by atoms with Gasteiger partial charge in [-0.25, -0.2) is 0 Å². The zero-order valence-corrected chi connectivity index (χ0v) is 13.5. The molecule has 1 aromatic rings. The van der Waals surface area contributed by atoms with Crippen molar-refractivity contribution in [2.45, 2.75) is 45.8 Å². The first-order valence-corrected chi connectivity index (χ1v) is 7.69. The van der Waals surface area contributed by atoms with Crippen molar-refractivity contribution in [2.75, 3.05) is 6.54 Å². The molecular formula is C17H26N2O3. The molecule has 0 saturated heterocycles. The number of carbonyl (C=O) groups excluding carboxylic acids is 2. The maximum absolute atomic E-state index is 12.0. The van der Waals surface area contributed by atoms with Crippen molar-refractivity contribution >= 4 is 11.8 Å². The van der Waals surface area contributed by atoms with E-state index in [-0.39, 0.29) is 36.3 Å². The molecule has 3 N–H and O–H groups in total. The lowest BCUT2D eigenvalue weighted by Crippen LogP contribution is -2.38. The molecule has 2 amide bonds. The van der Waals surface area contributed by atoms with Gasteiger partial charge in [0.25, 0.3) is 5.91 Å². The molecule has 122 valence electrons. The molecule has 3 unspecified atom stereocenters. The van der Waals surface area contributed by atoms with Gasteiger partial charge in [-0.1, -0.05) is 25.1 Å². The molecule has 3 atom stereocenters.